The molecule has 98 valence electrons. The monoisotopic (exact) mass is 254 g/mol. The van der Waals surface area contributed by atoms with Gasteiger partial charge < -0.3 is 10.2 Å². The van der Waals surface area contributed by atoms with Crippen molar-refractivity contribution in [1.29, 1.82) is 0 Å². The lowest BCUT2D eigenvalue weighted by atomic mass is 9.96. The Balaban J connectivity index is 1.96. The second kappa shape index (κ2) is 5.44. The van der Waals surface area contributed by atoms with Crippen molar-refractivity contribution in [3.8, 4) is 0 Å². The van der Waals surface area contributed by atoms with Crippen LogP contribution in [0.15, 0.2) is 18.2 Å². The average Bonchev–Trinajstić information content (AvgIpc) is 2.34. The van der Waals surface area contributed by atoms with Crippen molar-refractivity contribution in [2.24, 2.45) is 5.92 Å². The van der Waals surface area contributed by atoms with E-state index in [-0.39, 0.29) is 11.8 Å². The van der Waals surface area contributed by atoms with Crippen LogP contribution in [-0.4, -0.2) is 30.9 Å². The van der Waals surface area contributed by atoms with Gasteiger partial charge in [0, 0.05) is 17.7 Å². The summed E-state index contributed by atoms with van der Waals surface area (Å²) in [7, 11) is 2.02. The van der Waals surface area contributed by atoms with Crippen LogP contribution in [0.2, 0.25) is 0 Å². The zero-order valence-electron chi connectivity index (χ0n) is 10.2. The Hall–Kier alpha value is -1.49. The summed E-state index contributed by atoms with van der Waals surface area (Å²) in [6.07, 6.45) is 1.60. The van der Waals surface area contributed by atoms with E-state index in [4.69, 9.17) is 0 Å². The molecule has 0 spiro atoms. The molecule has 0 aliphatic carbocycles. The van der Waals surface area contributed by atoms with Gasteiger partial charge in [0.1, 0.15) is 0 Å². The van der Waals surface area contributed by atoms with Gasteiger partial charge in [0.15, 0.2) is 11.6 Å². The van der Waals surface area contributed by atoms with Crippen molar-refractivity contribution < 1.29 is 13.6 Å². The van der Waals surface area contributed by atoms with Gasteiger partial charge in [0.05, 0.1) is 0 Å². The number of hydrogen-bond acceptors (Lipinski definition) is 2. The number of nitrogens with one attached hydrogen (secondary N) is 1. The number of halogens is 2. The summed E-state index contributed by atoms with van der Waals surface area (Å²) >= 11 is 0. The summed E-state index contributed by atoms with van der Waals surface area (Å²) in [6.45, 7) is 1.77. The molecule has 0 radical (unpaired) electrons. The highest BCUT2D eigenvalue weighted by Gasteiger charge is 2.23. The molecule has 1 N–H and O–H groups in total. The van der Waals surface area contributed by atoms with Gasteiger partial charge in [0.2, 0.25) is 5.91 Å². The molecule has 1 heterocycles. The molecule has 1 aromatic rings. The molecule has 5 heteroatoms. The Morgan fingerprint density at radius 3 is 2.56 bits per heavy atom. The van der Waals surface area contributed by atoms with Crippen LogP contribution in [0.5, 0.6) is 0 Å². The van der Waals surface area contributed by atoms with Gasteiger partial charge in [-0.25, -0.2) is 8.78 Å². The van der Waals surface area contributed by atoms with E-state index in [1.807, 2.05) is 7.05 Å². The van der Waals surface area contributed by atoms with Crippen LogP contribution in [0.25, 0.3) is 0 Å². The molecular formula is C13H16F2N2O. The van der Waals surface area contributed by atoms with E-state index in [0.717, 1.165) is 38.1 Å². The van der Waals surface area contributed by atoms with Crippen LogP contribution in [-0.2, 0) is 4.79 Å². The van der Waals surface area contributed by atoms with Crippen LogP contribution < -0.4 is 5.32 Å². The molecule has 0 bridgehead atoms. The number of nitrogens with zero attached hydrogens (tertiary/aromatic N) is 1. The van der Waals surface area contributed by atoms with E-state index in [9.17, 15) is 13.6 Å². The quantitative estimate of drug-likeness (QED) is 0.878. The molecule has 0 unspecified atom stereocenters. The standard InChI is InChI=1S/C13H16F2N2O/c1-17-6-4-9(5-7-17)13(18)16-10-2-3-11(14)12(15)8-10/h2-3,8-9H,4-7H2,1H3,(H,16,18). The fourth-order valence-electron chi connectivity index (χ4n) is 2.09. The van der Waals surface area contributed by atoms with Crippen LogP contribution >= 0.6 is 0 Å². The molecule has 3 nitrogen and oxygen atoms in total. The predicted octanol–water partition coefficient (Wildman–Crippen LogP) is 2.25. The number of anilines is 1. The topological polar surface area (TPSA) is 32.3 Å². The van der Waals surface area contributed by atoms with Gasteiger partial charge in [-0.1, -0.05) is 0 Å². The highest BCUT2D eigenvalue weighted by molar-refractivity contribution is 5.92. The first kappa shape index (κ1) is 13.0. The summed E-state index contributed by atoms with van der Waals surface area (Å²) in [6, 6.07) is 3.38. The SMILES string of the molecule is CN1CCC(C(=O)Nc2ccc(F)c(F)c2)CC1. The molecule has 0 aromatic heterocycles. The van der Waals surface area contributed by atoms with E-state index in [2.05, 4.69) is 10.2 Å². The molecule has 0 atom stereocenters. The van der Waals surface area contributed by atoms with E-state index in [0.29, 0.717) is 5.69 Å². The molecule has 1 amide bonds. The van der Waals surface area contributed by atoms with Crippen LogP contribution in [0.3, 0.4) is 0 Å². The van der Waals surface area contributed by atoms with Gasteiger partial charge in [-0.05, 0) is 45.1 Å². The molecule has 1 saturated heterocycles. The Kier molecular flexibility index (Phi) is 3.91. The third-order valence-electron chi connectivity index (χ3n) is 3.28. The Labute approximate surface area is 105 Å². The van der Waals surface area contributed by atoms with Crippen LogP contribution in [0, 0.1) is 17.6 Å². The molecule has 1 fully saturated rings. The van der Waals surface area contributed by atoms with Gasteiger partial charge in [0.25, 0.3) is 0 Å². The maximum absolute atomic E-state index is 13.0. The largest absolute Gasteiger partial charge is 0.326 e. The van der Waals surface area contributed by atoms with Crippen molar-refractivity contribution in [2.45, 2.75) is 12.8 Å². The van der Waals surface area contributed by atoms with Crippen molar-refractivity contribution in [3.63, 3.8) is 0 Å². The first-order chi connectivity index (χ1) is 8.56. The lowest BCUT2D eigenvalue weighted by Gasteiger charge is -2.28. The van der Waals surface area contributed by atoms with Crippen molar-refractivity contribution in [3.05, 3.63) is 29.8 Å². The van der Waals surface area contributed by atoms with Crippen molar-refractivity contribution >= 4 is 11.6 Å². The number of piperidine rings is 1. The summed E-state index contributed by atoms with van der Waals surface area (Å²) in [5, 5.41) is 2.63. The zero-order valence-corrected chi connectivity index (χ0v) is 10.2. The first-order valence-corrected chi connectivity index (χ1v) is 6.00. The molecule has 0 saturated carbocycles. The van der Waals surface area contributed by atoms with Crippen molar-refractivity contribution in [1.82, 2.24) is 4.90 Å². The molecule has 1 aliphatic heterocycles. The minimum absolute atomic E-state index is 0.0469. The van der Waals surface area contributed by atoms with Gasteiger partial charge in [-0.3, -0.25) is 4.79 Å². The number of carbonyl (C=O) groups excluding carboxylic acids is 1. The number of benzene rings is 1. The van der Waals surface area contributed by atoms with Crippen LogP contribution in [0.1, 0.15) is 12.8 Å². The fraction of sp³-hybridized carbons (Fsp3) is 0.462. The Bertz CT molecular complexity index is 443. The third kappa shape index (κ3) is 3.04. The maximum Gasteiger partial charge on any atom is 0.227 e. The Morgan fingerprint density at radius 1 is 1.28 bits per heavy atom. The molecule has 1 aromatic carbocycles. The number of hydrogen-bond donors (Lipinski definition) is 1. The summed E-state index contributed by atoms with van der Waals surface area (Å²) in [4.78, 5) is 14.1. The van der Waals surface area contributed by atoms with Crippen LogP contribution in [0.4, 0.5) is 14.5 Å². The van der Waals surface area contributed by atoms with Gasteiger partial charge >= 0.3 is 0 Å². The van der Waals surface area contributed by atoms with Gasteiger partial charge in [-0.15, -0.1) is 0 Å². The molecule has 1 aliphatic rings. The fourth-order valence-corrected chi connectivity index (χ4v) is 2.09. The average molecular weight is 254 g/mol. The summed E-state index contributed by atoms with van der Waals surface area (Å²) in [5.74, 6) is -2.02. The number of amides is 1. The van der Waals surface area contributed by atoms with Crippen molar-refractivity contribution in [2.75, 3.05) is 25.5 Å². The van der Waals surface area contributed by atoms with Gasteiger partial charge in [-0.2, -0.15) is 0 Å². The predicted molar refractivity (Wildman–Crippen MR) is 65.2 cm³/mol. The lowest BCUT2D eigenvalue weighted by molar-refractivity contribution is -0.121. The Morgan fingerprint density at radius 2 is 1.94 bits per heavy atom. The minimum atomic E-state index is -0.948. The molecular weight excluding hydrogens is 238 g/mol. The lowest BCUT2D eigenvalue weighted by Crippen LogP contribution is -2.35. The number of rotatable bonds is 2. The second-order valence-electron chi connectivity index (χ2n) is 4.70. The summed E-state index contributed by atoms with van der Waals surface area (Å²) < 4.78 is 25.7. The highest BCUT2D eigenvalue weighted by Crippen LogP contribution is 2.19. The molecule has 18 heavy (non-hydrogen) atoms. The summed E-state index contributed by atoms with van der Waals surface area (Å²) in [5.41, 5.74) is 0.304. The van der Waals surface area contributed by atoms with E-state index in [1.54, 1.807) is 0 Å². The second-order valence-corrected chi connectivity index (χ2v) is 4.70. The maximum atomic E-state index is 13.0. The first-order valence-electron chi connectivity index (χ1n) is 6.00. The molecule has 2 rings (SSSR count). The smallest absolute Gasteiger partial charge is 0.227 e. The minimum Gasteiger partial charge on any atom is -0.326 e. The number of carbonyl (C=O) groups is 1. The number of likely N-dealkylation sites (tertiary alicyclic amines) is 1. The van der Waals surface area contributed by atoms with E-state index >= 15 is 0 Å². The normalized spacial score (nSPS) is 17.7. The van der Waals surface area contributed by atoms with E-state index in [1.165, 1.54) is 6.07 Å². The zero-order chi connectivity index (χ0) is 13.1. The van der Waals surface area contributed by atoms with E-state index < -0.39 is 11.6 Å². The highest BCUT2D eigenvalue weighted by atomic mass is 19.2. The third-order valence-corrected chi connectivity index (χ3v) is 3.28.